The maximum atomic E-state index is 5.56. The predicted octanol–water partition coefficient (Wildman–Crippen LogP) is 0.401. The predicted molar refractivity (Wildman–Crippen MR) is 98.1 cm³/mol. The number of anilines is 2. The number of aromatic nitrogens is 5. The fourth-order valence-corrected chi connectivity index (χ4v) is 3.02. The third-order valence-electron chi connectivity index (χ3n) is 4.46. The first-order chi connectivity index (χ1) is 13.3. The molecule has 144 valence electrons. The van der Waals surface area contributed by atoms with Crippen LogP contribution in [0.15, 0.2) is 12.3 Å². The topological polar surface area (TPSA) is 98.6 Å². The molecule has 2 aliphatic rings. The van der Waals surface area contributed by atoms with Crippen LogP contribution in [-0.4, -0.2) is 84.6 Å². The Balaban J connectivity index is 1.73. The molecule has 0 spiro atoms. The quantitative estimate of drug-likeness (QED) is 0.749. The Bertz CT molecular complexity index is 762. The van der Waals surface area contributed by atoms with E-state index in [1.807, 2.05) is 0 Å². The van der Waals surface area contributed by atoms with Crippen LogP contribution in [0.1, 0.15) is 6.42 Å². The van der Waals surface area contributed by atoms with E-state index in [9.17, 15) is 0 Å². The molecule has 0 bridgehead atoms. The highest BCUT2D eigenvalue weighted by atomic mass is 16.5. The molecule has 0 atom stereocenters. The van der Waals surface area contributed by atoms with Gasteiger partial charge in [-0.1, -0.05) is 0 Å². The van der Waals surface area contributed by atoms with E-state index in [-0.39, 0.29) is 6.01 Å². The summed E-state index contributed by atoms with van der Waals surface area (Å²) in [6.07, 6.45) is 2.58. The van der Waals surface area contributed by atoms with Crippen molar-refractivity contribution in [1.29, 1.82) is 0 Å². The first-order valence-electron chi connectivity index (χ1n) is 9.12. The first-order valence-corrected chi connectivity index (χ1v) is 9.12. The Morgan fingerprint density at radius 3 is 2.22 bits per heavy atom. The first kappa shape index (κ1) is 17.8. The van der Waals surface area contributed by atoms with Gasteiger partial charge >= 0.3 is 6.01 Å². The van der Waals surface area contributed by atoms with Crippen LogP contribution in [0.4, 0.5) is 11.9 Å². The Hall–Kier alpha value is -2.59. The number of morpholine rings is 1. The van der Waals surface area contributed by atoms with Gasteiger partial charge in [0, 0.05) is 39.0 Å². The summed E-state index contributed by atoms with van der Waals surface area (Å²) in [5.74, 6) is 1.79. The smallest absolute Gasteiger partial charge is 0.316 e. The molecule has 2 saturated heterocycles. The van der Waals surface area contributed by atoms with E-state index in [1.165, 1.54) is 7.11 Å². The van der Waals surface area contributed by atoms with E-state index in [0.717, 1.165) is 39.2 Å². The van der Waals surface area contributed by atoms with Crippen molar-refractivity contribution >= 4 is 11.9 Å². The van der Waals surface area contributed by atoms with Gasteiger partial charge in [0.05, 0.1) is 26.9 Å². The molecule has 2 aliphatic heterocycles. The molecule has 2 fully saturated rings. The van der Waals surface area contributed by atoms with E-state index >= 15 is 0 Å². The third kappa shape index (κ3) is 4.22. The van der Waals surface area contributed by atoms with Crippen LogP contribution in [0, 0.1) is 0 Å². The molecule has 2 aromatic heterocycles. The van der Waals surface area contributed by atoms with Crippen molar-refractivity contribution in [3.63, 3.8) is 0 Å². The van der Waals surface area contributed by atoms with Crippen molar-refractivity contribution in [3.05, 3.63) is 12.3 Å². The van der Waals surface area contributed by atoms with Crippen LogP contribution in [0.3, 0.4) is 0 Å². The van der Waals surface area contributed by atoms with Gasteiger partial charge in [0.2, 0.25) is 11.9 Å². The maximum Gasteiger partial charge on any atom is 0.316 e. The number of ether oxygens (including phenoxy) is 3. The molecule has 0 amide bonds. The zero-order chi connectivity index (χ0) is 18.5. The molecule has 0 aliphatic carbocycles. The van der Waals surface area contributed by atoms with E-state index in [2.05, 4.69) is 29.7 Å². The van der Waals surface area contributed by atoms with Crippen molar-refractivity contribution in [2.45, 2.75) is 6.42 Å². The monoisotopic (exact) mass is 373 g/mol. The zero-order valence-electron chi connectivity index (χ0n) is 15.4. The van der Waals surface area contributed by atoms with Crippen LogP contribution in [-0.2, 0) is 9.47 Å². The summed E-state index contributed by atoms with van der Waals surface area (Å²) in [6, 6.07) is 2.06. The molecule has 27 heavy (non-hydrogen) atoms. The van der Waals surface area contributed by atoms with Crippen LogP contribution in [0.25, 0.3) is 11.5 Å². The maximum absolute atomic E-state index is 5.56. The Morgan fingerprint density at radius 1 is 0.852 bits per heavy atom. The average molecular weight is 373 g/mol. The van der Waals surface area contributed by atoms with Gasteiger partial charge in [0.25, 0.3) is 0 Å². The van der Waals surface area contributed by atoms with Crippen molar-refractivity contribution in [1.82, 2.24) is 24.9 Å². The van der Waals surface area contributed by atoms with Gasteiger partial charge in [-0.05, 0) is 12.5 Å². The molecule has 10 nitrogen and oxygen atoms in total. The number of hydrogen-bond acceptors (Lipinski definition) is 10. The molecule has 10 heteroatoms. The van der Waals surface area contributed by atoms with Crippen LogP contribution in [0.5, 0.6) is 6.01 Å². The van der Waals surface area contributed by atoms with Gasteiger partial charge in [0.15, 0.2) is 5.82 Å². The van der Waals surface area contributed by atoms with E-state index < -0.39 is 0 Å². The lowest BCUT2D eigenvalue weighted by molar-refractivity contribution is 0.122. The Kier molecular flexibility index (Phi) is 5.54. The van der Waals surface area contributed by atoms with Gasteiger partial charge in [-0.3, -0.25) is 0 Å². The second-order valence-corrected chi connectivity index (χ2v) is 6.24. The SMILES string of the molecule is COc1nccc(-c2nc(N3CCCOCC3)nc(N3CCOCC3)n2)n1. The van der Waals surface area contributed by atoms with Crippen LogP contribution in [0.2, 0.25) is 0 Å². The zero-order valence-corrected chi connectivity index (χ0v) is 15.4. The highest BCUT2D eigenvalue weighted by Gasteiger charge is 2.21. The van der Waals surface area contributed by atoms with E-state index in [4.69, 9.17) is 19.2 Å². The van der Waals surface area contributed by atoms with Crippen molar-refractivity contribution in [2.24, 2.45) is 0 Å². The fourth-order valence-electron chi connectivity index (χ4n) is 3.02. The number of rotatable bonds is 4. The summed E-state index contributed by atoms with van der Waals surface area (Å²) in [5.41, 5.74) is 0.603. The lowest BCUT2D eigenvalue weighted by atomic mass is 10.3. The molecule has 0 radical (unpaired) electrons. The molecule has 2 aromatic rings. The normalized spacial score (nSPS) is 18.3. The highest BCUT2D eigenvalue weighted by molar-refractivity contribution is 5.54. The third-order valence-corrected chi connectivity index (χ3v) is 4.46. The van der Waals surface area contributed by atoms with Gasteiger partial charge < -0.3 is 24.0 Å². The summed E-state index contributed by atoms with van der Waals surface area (Å²) in [5, 5.41) is 0. The van der Waals surface area contributed by atoms with Gasteiger partial charge in [-0.2, -0.15) is 19.9 Å². The summed E-state index contributed by atoms with van der Waals surface area (Å²) >= 11 is 0. The molecular formula is C17H23N7O3. The standard InChI is InChI=1S/C17H23N7O3/c1-25-17-18-4-3-13(19-17)14-20-15(23-5-2-9-26-10-6-23)22-16(21-14)24-7-11-27-12-8-24/h3-4H,2,5-12H2,1H3. The second kappa shape index (κ2) is 8.40. The van der Waals surface area contributed by atoms with Crippen molar-refractivity contribution in [2.75, 3.05) is 69.5 Å². The molecule has 4 heterocycles. The van der Waals surface area contributed by atoms with Gasteiger partial charge in [-0.25, -0.2) is 4.98 Å². The summed E-state index contributed by atoms with van der Waals surface area (Å²) in [7, 11) is 1.54. The summed E-state index contributed by atoms with van der Waals surface area (Å²) < 4.78 is 16.2. The minimum absolute atomic E-state index is 0.283. The van der Waals surface area contributed by atoms with Crippen molar-refractivity contribution < 1.29 is 14.2 Å². The number of nitrogens with zero attached hydrogens (tertiary/aromatic N) is 7. The second-order valence-electron chi connectivity index (χ2n) is 6.24. The fraction of sp³-hybridized carbons (Fsp3) is 0.588. The molecule has 0 unspecified atom stereocenters. The molecule has 0 N–H and O–H groups in total. The summed E-state index contributed by atoms with van der Waals surface area (Å²) in [4.78, 5) is 26.8. The van der Waals surface area contributed by atoms with Gasteiger partial charge in [-0.15, -0.1) is 0 Å². The minimum atomic E-state index is 0.283. The Morgan fingerprint density at radius 2 is 1.52 bits per heavy atom. The lowest BCUT2D eigenvalue weighted by Gasteiger charge is -2.28. The number of hydrogen-bond donors (Lipinski definition) is 0. The highest BCUT2D eigenvalue weighted by Crippen LogP contribution is 2.22. The van der Waals surface area contributed by atoms with E-state index in [1.54, 1.807) is 12.3 Å². The van der Waals surface area contributed by atoms with Crippen molar-refractivity contribution in [3.8, 4) is 17.5 Å². The molecular weight excluding hydrogens is 350 g/mol. The van der Waals surface area contributed by atoms with Gasteiger partial charge in [0.1, 0.15) is 5.69 Å². The van der Waals surface area contributed by atoms with Crippen LogP contribution < -0.4 is 14.5 Å². The summed E-state index contributed by atoms with van der Waals surface area (Å²) in [6.45, 7) is 5.84. The lowest BCUT2D eigenvalue weighted by Crippen LogP contribution is -2.38. The molecule has 0 saturated carbocycles. The van der Waals surface area contributed by atoms with Crippen LogP contribution >= 0.6 is 0 Å². The number of methoxy groups -OCH3 is 1. The Labute approximate surface area is 157 Å². The molecule has 4 rings (SSSR count). The minimum Gasteiger partial charge on any atom is -0.467 e. The van der Waals surface area contributed by atoms with E-state index in [0.29, 0.717) is 43.2 Å². The average Bonchev–Trinajstić information content (AvgIpc) is 3.04. The molecule has 0 aromatic carbocycles. The largest absolute Gasteiger partial charge is 0.467 e.